The van der Waals surface area contributed by atoms with Gasteiger partial charge in [-0.15, -0.1) is 0 Å². The molecule has 1 radical (unpaired) electrons. The number of aromatic nitrogens is 1. The van der Waals surface area contributed by atoms with Crippen molar-refractivity contribution in [1.29, 1.82) is 0 Å². The van der Waals surface area contributed by atoms with Crippen molar-refractivity contribution in [2.45, 2.75) is 315 Å². The Morgan fingerprint density at radius 2 is 0.966 bits per heavy atom. The highest BCUT2D eigenvalue weighted by Crippen LogP contribution is 2.25. The second-order valence-corrected chi connectivity index (χ2v) is 38.6. The molecule has 1 saturated heterocycles. The predicted molar refractivity (Wildman–Crippen MR) is 529 cm³/mol. The van der Waals surface area contributed by atoms with Crippen LogP contribution in [0.25, 0.3) is 10.9 Å². The number of aromatic amines is 1. The summed E-state index contributed by atoms with van der Waals surface area (Å²) in [5, 5.41) is 91.7. The normalized spacial score (nSPS) is 16.2. The van der Waals surface area contributed by atoms with Crippen LogP contribution >= 0.6 is 0 Å². The van der Waals surface area contributed by atoms with Crippen molar-refractivity contribution < 1.29 is 131 Å². The van der Waals surface area contributed by atoms with Crippen LogP contribution in [0, 0.1) is 41.9 Å². The van der Waals surface area contributed by atoms with Crippen LogP contribution in [-0.2, 0) is 118 Å². The fourth-order valence-corrected chi connectivity index (χ4v) is 16.1. The molecule has 2 aliphatic rings. The number of hydrogen-bond acceptors (Lipinski definition) is 27. The van der Waals surface area contributed by atoms with Gasteiger partial charge in [-0.1, -0.05) is 106 Å². The highest BCUT2D eigenvalue weighted by atomic mass is 16.4. The maximum Gasteiger partial charge on any atom is 0.305 e. The zero-order chi connectivity index (χ0) is 109. The van der Waals surface area contributed by atoms with Gasteiger partial charge in [-0.25, -0.2) is 0 Å². The van der Waals surface area contributed by atoms with Crippen LogP contribution in [0.3, 0.4) is 0 Å². The zero-order valence-corrected chi connectivity index (χ0v) is 84.5. The minimum atomic E-state index is -2.05. The van der Waals surface area contributed by atoms with Crippen molar-refractivity contribution in [3.63, 3.8) is 0 Å². The number of ketones is 2. The lowest BCUT2D eigenvalue weighted by molar-refractivity contribution is -0.141. The Hall–Kier alpha value is -14.2. The molecule has 28 N–H and O–H groups in total. The van der Waals surface area contributed by atoms with Gasteiger partial charge >= 0.3 is 11.9 Å². The van der Waals surface area contributed by atoms with Crippen LogP contribution in [0.2, 0.25) is 0 Å². The molecule has 0 aliphatic carbocycles. The number of aromatic hydroxyl groups is 1. The fourth-order valence-electron chi connectivity index (χ4n) is 16.1. The lowest BCUT2D eigenvalue weighted by Crippen LogP contribution is -2.63. The fraction of sp³-hybridized carbons (Fsp3) is 0.592. The summed E-state index contributed by atoms with van der Waals surface area (Å²) in [5.41, 5.74) is 18.7. The summed E-state index contributed by atoms with van der Waals surface area (Å²) in [7, 11) is 0. The highest BCUT2D eigenvalue weighted by molar-refractivity contribution is 6.04. The van der Waals surface area contributed by atoms with Crippen LogP contribution in [0.1, 0.15) is 216 Å². The van der Waals surface area contributed by atoms with E-state index in [1.54, 1.807) is 85.7 Å². The molecule has 17 atom stereocenters. The molecule has 1 aromatic heterocycles. The number of primary amides is 2. The Morgan fingerprint density at radius 3 is 1.49 bits per heavy atom. The van der Waals surface area contributed by atoms with Crippen LogP contribution in [0.5, 0.6) is 5.75 Å². The van der Waals surface area contributed by atoms with E-state index >= 15 is 4.79 Å². The number of fused-ring (bicyclic) bond motifs is 1. The minimum absolute atomic E-state index is 0.0410. The molecule has 146 heavy (non-hydrogen) atoms. The monoisotopic (exact) mass is 2050 g/mol. The number of Topliss-reactive ketones (excluding diaryl/α,β-unsaturated/α-hetero) is 2. The first-order valence-corrected chi connectivity index (χ1v) is 49.0. The number of carboxylic acids is 2. The number of nitrogens with one attached hydrogen (secondary N) is 17. The lowest BCUT2D eigenvalue weighted by atomic mass is 9.91. The number of para-hydroxylation sites is 1. The van der Waals surface area contributed by atoms with E-state index in [4.69, 9.17) is 17.2 Å². The molecule has 2 aromatic carbocycles. The van der Waals surface area contributed by atoms with E-state index in [-0.39, 0.29) is 75.3 Å². The number of unbranched alkanes of at least 4 members (excludes halogenated alkanes) is 1. The first kappa shape index (κ1) is 122. The molecule has 805 valence electrons. The largest absolute Gasteiger partial charge is 0.508 e. The number of nitrogens with two attached hydrogens (primary N) is 3. The first-order chi connectivity index (χ1) is 68.8. The summed E-state index contributed by atoms with van der Waals surface area (Å²) in [4.78, 5) is 313. The number of aliphatic hydroxyl groups is 2. The van der Waals surface area contributed by atoms with Gasteiger partial charge in [-0.3, -0.25) is 110 Å². The Kier molecular flexibility index (Phi) is 51.2. The number of rotatable bonds is 65. The number of allylic oxidation sites excluding steroid dienone is 1. The van der Waals surface area contributed by atoms with Gasteiger partial charge in [0.05, 0.1) is 44.1 Å². The van der Waals surface area contributed by atoms with Crippen LogP contribution < -0.4 is 102 Å². The van der Waals surface area contributed by atoms with Gasteiger partial charge in [0.2, 0.25) is 106 Å². The number of H-pyrrole nitrogens is 1. The third kappa shape index (κ3) is 42.6. The Morgan fingerprint density at radius 1 is 0.473 bits per heavy atom. The maximum atomic E-state index is 15.1. The molecule has 3 aromatic rings. The van der Waals surface area contributed by atoms with Crippen molar-refractivity contribution in [2.75, 3.05) is 19.7 Å². The summed E-state index contributed by atoms with van der Waals surface area (Å²) < 4.78 is 0. The minimum Gasteiger partial charge on any atom is -0.508 e. The van der Waals surface area contributed by atoms with Crippen LogP contribution in [-0.4, -0.2) is 283 Å². The smallest absolute Gasteiger partial charge is 0.305 e. The summed E-state index contributed by atoms with van der Waals surface area (Å²) in [6.45, 7) is 18.3. The van der Waals surface area contributed by atoms with E-state index in [9.17, 15) is 126 Å². The number of aliphatic imine (C=N–C) groups is 1. The SMILES string of the molecule is CC(=O)NC(CO)C(=O)N[C@H](C(=O)N[C@H](CC(C)C)C(=O)N[C@H](C(=O)N[C@@H](C(=O)N[C@@H](CC(C)C)C(=O)N[C@H](CC1=CCC=N1)C(=O)N[C@@H](CCC(N)=O)C(=O)N[C@H](CC(N)=O)C(=O)N[C@@H](Cc1c[nH]c2ccccc12)C(=O)N[C@H](CC(C)C)C(=O)N[C@@H](CC(=O)O)C(=O)C[CH]C(=O)N[C@@H](CCCCN)C(=O)C[C@H](CCC(=O)O)C(=O)N[C@@H](Cc1ccc(O)cc1)C(=O)N[C@@H]1CCCCNC1=O)C(C)C)C(C)O)C(C)C. The zero-order valence-electron chi connectivity index (χ0n) is 84.5. The number of hydrogen-bond donors (Lipinski definition) is 25. The number of carbonyl (C=O) groups is 22. The first-order valence-electron chi connectivity index (χ1n) is 49.0. The molecule has 2 aliphatic heterocycles. The Bertz CT molecular complexity index is 5130. The van der Waals surface area contributed by atoms with E-state index in [2.05, 4.69) is 95.0 Å². The van der Waals surface area contributed by atoms with E-state index < -0.39 is 327 Å². The van der Waals surface area contributed by atoms with E-state index in [0.717, 1.165) is 13.3 Å². The molecule has 0 spiro atoms. The number of aliphatic hydroxyl groups excluding tert-OH is 2. The summed E-state index contributed by atoms with van der Waals surface area (Å²) >= 11 is 0. The third-order valence-corrected chi connectivity index (χ3v) is 23.9. The van der Waals surface area contributed by atoms with E-state index in [1.165, 1.54) is 57.4 Å². The van der Waals surface area contributed by atoms with Gasteiger partial charge in [0.1, 0.15) is 84.3 Å². The molecule has 48 heteroatoms. The molecule has 0 saturated carbocycles. The number of carbonyl (C=O) groups excluding carboxylic acids is 20. The Balaban J connectivity index is 1.38. The van der Waals surface area contributed by atoms with Gasteiger partial charge in [0.15, 0.2) is 11.6 Å². The van der Waals surface area contributed by atoms with Gasteiger partial charge in [-0.05, 0) is 143 Å². The number of nitrogens with zero attached hydrogens (tertiary/aromatic N) is 1. The van der Waals surface area contributed by atoms with E-state index in [0.29, 0.717) is 47.8 Å². The second kappa shape index (κ2) is 61.2. The van der Waals surface area contributed by atoms with Crippen molar-refractivity contribution in [3.05, 3.63) is 84.0 Å². The van der Waals surface area contributed by atoms with E-state index in [1.807, 2.05) is 0 Å². The van der Waals surface area contributed by atoms with Crippen molar-refractivity contribution in [1.82, 2.24) is 90.1 Å². The summed E-state index contributed by atoms with van der Waals surface area (Å²) in [6, 6.07) is -11.5. The quantitative estimate of drug-likeness (QED) is 0.0253. The van der Waals surface area contributed by atoms with Crippen LogP contribution in [0.15, 0.2) is 71.5 Å². The Labute approximate surface area is 846 Å². The lowest BCUT2D eigenvalue weighted by Gasteiger charge is -2.30. The molecular weight excluding hydrogens is 1900 g/mol. The average molecular weight is 2050 g/mol. The van der Waals surface area contributed by atoms with Crippen molar-refractivity contribution in [2.24, 2.45) is 57.7 Å². The molecule has 18 amide bonds. The number of benzene rings is 2. The van der Waals surface area contributed by atoms with Crippen molar-refractivity contribution >= 4 is 147 Å². The molecular formula is C98H146N21O27. The topological polar surface area (TPSA) is 775 Å². The molecule has 2 unspecified atom stereocenters. The number of phenols is 1. The van der Waals surface area contributed by atoms with Gasteiger partial charge in [0.25, 0.3) is 0 Å². The molecule has 1 fully saturated rings. The molecule has 5 rings (SSSR count). The van der Waals surface area contributed by atoms with Gasteiger partial charge < -0.3 is 133 Å². The van der Waals surface area contributed by atoms with Gasteiger partial charge in [-0.2, -0.15) is 0 Å². The number of amides is 18. The standard InChI is InChI=1S/C98H146N21O27/c1-49(2)38-67(88(136)109-66(46-81(131)132)75(124)31-33-79(128)106-63(23-15-17-35-99)76(125)43-57(27-34-80(129)130)85(133)110-70(41-56-25-28-60(123)29-26-56)90(138)107-64-24-16-18-36-103-86(64)134)111-91(139)71(42-58-47-104-62-22-14-13-21-61(58)62)112-93(141)73(45-78(101)127)114-87(135)65(30-32-77(100)126)108-92(140)72(44-59-20-19-37-102-59)113-89(137)68(39-50(3)4)115-97(145)83(53(9)10)118-98(146)84(54(11)121)119-94(142)69(40-51(5)6)116-96(144)82(52(7)8)117-95(143)74(48-120)105-55(12)122/h13-14,20-22,25-26,28-29,33,37,47,49-54,57,63-74,82-84,104,120-121,123H,15-19,23-24,27,30-32,34-36,38-46,48,99H2,1-12H3,(H2,100,126)(H2,101,127)(H,103,134)(H,105,122)(H,106,128)(H,107,138)(H,108,140)(H,109,136)(H,110,133)(H,111,139)(H,112,141)(H,113,137)(H,114,135)(H,115,145)(H,116,144)(H,117,143)(H,118,146)(H,119,142)(H,129,130)(H,131,132)/t54?,57-,63-,64+,65-,66-,67+,68-,69+,70-,71-,72+,73+,74?,82-,83+,84-/m0/s1. The summed E-state index contributed by atoms with van der Waals surface area (Å²) in [6.07, 6.45) is -1.63. The number of phenolic OH excluding ortho intramolecular Hbond substituents is 1. The molecule has 48 nitrogen and oxygen atoms in total. The number of aliphatic carboxylic acids is 2. The third-order valence-electron chi connectivity index (χ3n) is 23.9. The van der Waals surface area contributed by atoms with Gasteiger partial charge in [0, 0.05) is 99.8 Å². The maximum absolute atomic E-state index is 15.1. The number of carboxylic acid groups (broad SMARTS) is 2. The summed E-state index contributed by atoms with van der Waals surface area (Å²) in [5.74, 6) is -26.9. The highest BCUT2D eigenvalue weighted by Gasteiger charge is 2.42. The molecule has 0 bridgehead atoms. The average Bonchev–Trinajstić information content (AvgIpc) is 1.67. The molecule has 3 heterocycles. The second-order valence-electron chi connectivity index (χ2n) is 38.6. The predicted octanol–water partition coefficient (Wildman–Crippen LogP) is -2.83. The van der Waals surface area contributed by atoms with Crippen molar-refractivity contribution in [3.8, 4) is 5.75 Å². The van der Waals surface area contributed by atoms with Crippen LogP contribution in [0.4, 0.5) is 0 Å².